The number of hydrogen-bond acceptors (Lipinski definition) is 5. The van der Waals surface area contributed by atoms with Crippen molar-refractivity contribution in [3.05, 3.63) is 35.6 Å². The minimum Gasteiger partial charge on any atom is -0.311 e. The Morgan fingerprint density at radius 3 is 3.10 bits per heavy atom. The third kappa shape index (κ3) is 2.83. The molecule has 20 heavy (non-hydrogen) atoms. The van der Waals surface area contributed by atoms with Gasteiger partial charge in [0.15, 0.2) is 4.34 Å². The average molecular weight is 309 g/mol. The van der Waals surface area contributed by atoms with Gasteiger partial charge in [0.25, 0.3) is 0 Å². The number of nitrogens with zero attached hydrogens (tertiary/aromatic N) is 3. The molecular formula is C13H12FN3OS2. The van der Waals surface area contributed by atoms with Crippen molar-refractivity contribution in [2.24, 2.45) is 0 Å². The largest absolute Gasteiger partial charge is 0.311 e. The molecule has 1 aromatic heterocycles. The summed E-state index contributed by atoms with van der Waals surface area (Å²) in [4.78, 5) is 14.2. The van der Waals surface area contributed by atoms with Crippen molar-refractivity contribution in [3.63, 3.8) is 0 Å². The van der Waals surface area contributed by atoms with Crippen LogP contribution >= 0.6 is 23.1 Å². The van der Waals surface area contributed by atoms with E-state index in [0.717, 1.165) is 17.2 Å². The van der Waals surface area contributed by atoms with Gasteiger partial charge in [-0.3, -0.25) is 4.79 Å². The molecule has 1 aromatic carbocycles. The van der Waals surface area contributed by atoms with E-state index in [9.17, 15) is 9.18 Å². The highest BCUT2D eigenvalue weighted by Gasteiger charge is 2.31. The van der Waals surface area contributed by atoms with Crippen LogP contribution in [0.25, 0.3) is 0 Å². The third-order valence-electron chi connectivity index (χ3n) is 3.09. The Hall–Kier alpha value is -1.47. The van der Waals surface area contributed by atoms with Gasteiger partial charge in [0.05, 0.1) is 5.25 Å². The van der Waals surface area contributed by atoms with Gasteiger partial charge in [-0.25, -0.2) is 4.39 Å². The Labute approximate surface area is 124 Å². The molecular weight excluding hydrogens is 297 g/mol. The molecule has 0 spiro atoms. The van der Waals surface area contributed by atoms with E-state index in [1.807, 2.05) is 0 Å². The van der Waals surface area contributed by atoms with Crippen LogP contribution in [-0.2, 0) is 4.79 Å². The monoisotopic (exact) mass is 309 g/mol. The van der Waals surface area contributed by atoms with E-state index >= 15 is 0 Å². The smallest absolute Gasteiger partial charge is 0.240 e. The zero-order chi connectivity index (χ0) is 13.9. The molecule has 1 atom stereocenters. The first-order valence-electron chi connectivity index (χ1n) is 6.24. The summed E-state index contributed by atoms with van der Waals surface area (Å²) >= 11 is 2.87. The fraction of sp³-hybridized carbons (Fsp3) is 0.308. The predicted octanol–water partition coefficient (Wildman–Crippen LogP) is 2.96. The van der Waals surface area contributed by atoms with E-state index < -0.39 is 0 Å². The lowest BCUT2D eigenvalue weighted by Gasteiger charge is -2.31. The van der Waals surface area contributed by atoms with Gasteiger partial charge in [0.1, 0.15) is 11.3 Å². The van der Waals surface area contributed by atoms with Crippen LogP contribution in [-0.4, -0.2) is 27.9 Å². The summed E-state index contributed by atoms with van der Waals surface area (Å²) in [5, 5.41) is 7.57. The van der Waals surface area contributed by atoms with E-state index in [1.165, 1.54) is 35.2 Å². The van der Waals surface area contributed by atoms with Crippen molar-refractivity contribution in [1.29, 1.82) is 0 Å². The standard InChI is InChI=1S/C13H12FN3OS2/c14-9-3-1-4-10(7-9)17-6-2-5-11(12(17)18)20-13-16-15-8-19-13/h1,3-4,7-8,11H,2,5-6H2/t11-/m1/s1. The molecule has 4 nitrogen and oxygen atoms in total. The van der Waals surface area contributed by atoms with Gasteiger partial charge in [0, 0.05) is 12.2 Å². The fourth-order valence-electron chi connectivity index (χ4n) is 2.19. The van der Waals surface area contributed by atoms with Crippen LogP contribution in [0.5, 0.6) is 0 Å². The molecule has 7 heteroatoms. The number of hydrogen-bond donors (Lipinski definition) is 0. The fourth-order valence-corrected chi connectivity index (χ4v) is 4.02. The molecule has 0 saturated carbocycles. The van der Waals surface area contributed by atoms with Crippen molar-refractivity contribution in [2.45, 2.75) is 22.4 Å². The van der Waals surface area contributed by atoms with Crippen LogP contribution < -0.4 is 4.90 Å². The van der Waals surface area contributed by atoms with Crippen LogP contribution in [0.3, 0.4) is 0 Å². The average Bonchev–Trinajstić information content (AvgIpc) is 2.94. The van der Waals surface area contributed by atoms with Gasteiger partial charge in [-0.15, -0.1) is 10.2 Å². The molecule has 1 fully saturated rings. The number of aromatic nitrogens is 2. The molecule has 1 aliphatic rings. The summed E-state index contributed by atoms with van der Waals surface area (Å²) in [6.45, 7) is 0.634. The SMILES string of the molecule is O=C1[C@H](Sc2nncs2)CCCN1c1cccc(F)c1. The molecule has 2 aromatic rings. The number of piperidine rings is 1. The number of anilines is 1. The highest BCUT2D eigenvalue weighted by molar-refractivity contribution is 8.02. The molecule has 0 N–H and O–H groups in total. The summed E-state index contributed by atoms with van der Waals surface area (Å²) in [5.41, 5.74) is 2.28. The molecule has 1 amide bonds. The minimum absolute atomic E-state index is 0.0158. The number of amides is 1. The van der Waals surface area contributed by atoms with Gasteiger partial charge in [-0.05, 0) is 31.0 Å². The first-order chi connectivity index (χ1) is 9.74. The molecule has 1 aliphatic heterocycles. The summed E-state index contributed by atoms with van der Waals surface area (Å²) in [6.07, 6.45) is 1.72. The predicted molar refractivity (Wildman–Crippen MR) is 77.5 cm³/mol. The van der Waals surface area contributed by atoms with Crippen LogP contribution in [0.4, 0.5) is 10.1 Å². The van der Waals surface area contributed by atoms with Crippen LogP contribution in [0.15, 0.2) is 34.1 Å². The Morgan fingerprint density at radius 1 is 1.45 bits per heavy atom. The number of benzene rings is 1. The zero-order valence-electron chi connectivity index (χ0n) is 10.5. The maximum absolute atomic E-state index is 13.3. The number of halogens is 1. The first kappa shape index (κ1) is 13.5. The second kappa shape index (κ2) is 5.88. The Morgan fingerprint density at radius 2 is 2.35 bits per heavy atom. The molecule has 2 heterocycles. The van der Waals surface area contributed by atoms with Gasteiger partial charge < -0.3 is 4.90 Å². The zero-order valence-corrected chi connectivity index (χ0v) is 12.2. The van der Waals surface area contributed by atoms with E-state index in [2.05, 4.69) is 10.2 Å². The quantitative estimate of drug-likeness (QED) is 0.874. The van der Waals surface area contributed by atoms with Gasteiger partial charge in [-0.1, -0.05) is 29.2 Å². The molecule has 0 bridgehead atoms. The lowest BCUT2D eigenvalue weighted by molar-refractivity contribution is -0.119. The normalized spacial score (nSPS) is 19.4. The maximum atomic E-state index is 13.3. The minimum atomic E-state index is -0.325. The Balaban J connectivity index is 1.78. The molecule has 0 aliphatic carbocycles. The van der Waals surface area contributed by atoms with Crippen molar-refractivity contribution >= 4 is 34.7 Å². The Kier molecular flexibility index (Phi) is 3.98. The lowest BCUT2D eigenvalue weighted by atomic mass is 10.1. The number of carbonyl (C=O) groups is 1. The lowest BCUT2D eigenvalue weighted by Crippen LogP contribution is -2.43. The summed E-state index contributed by atoms with van der Waals surface area (Å²) in [6, 6.07) is 6.17. The third-order valence-corrected chi connectivity index (χ3v) is 5.16. The van der Waals surface area contributed by atoms with Crippen molar-refractivity contribution in [2.75, 3.05) is 11.4 Å². The molecule has 3 rings (SSSR count). The number of carbonyl (C=O) groups excluding carboxylic acids is 1. The van der Waals surface area contributed by atoms with Crippen LogP contribution in [0, 0.1) is 5.82 Å². The van der Waals surface area contributed by atoms with E-state index in [1.54, 1.807) is 22.5 Å². The highest BCUT2D eigenvalue weighted by atomic mass is 32.2. The highest BCUT2D eigenvalue weighted by Crippen LogP contribution is 2.33. The molecule has 1 saturated heterocycles. The van der Waals surface area contributed by atoms with Gasteiger partial charge in [-0.2, -0.15) is 0 Å². The molecule has 0 radical (unpaired) electrons. The van der Waals surface area contributed by atoms with Gasteiger partial charge in [0.2, 0.25) is 5.91 Å². The number of rotatable bonds is 3. The van der Waals surface area contributed by atoms with E-state index in [0.29, 0.717) is 12.2 Å². The van der Waals surface area contributed by atoms with Gasteiger partial charge >= 0.3 is 0 Å². The molecule has 0 unspecified atom stereocenters. The van der Waals surface area contributed by atoms with Crippen molar-refractivity contribution in [1.82, 2.24) is 10.2 Å². The summed E-state index contributed by atoms with van der Waals surface area (Å²) < 4.78 is 14.1. The molecule has 104 valence electrons. The summed E-state index contributed by atoms with van der Waals surface area (Å²) in [7, 11) is 0. The van der Waals surface area contributed by atoms with Crippen molar-refractivity contribution < 1.29 is 9.18 Å². The second-order valence-electron chi connectivity index (χ2n) is 4.42. The van der Waals surface area contributed by atoms with Crippen molar-refractivity contribution in [3.8, 4) is 0 Å². The van der Waals surface area contributed by atoms with E-state index in [4.69, 9.17) is 0 Å². The maximum Gasteiger partial charge on any atom is 0.240 e. The van der Waals surface area contributed by atoms with E-state index in [-0.39, 0.29) is 17.0 Å². The Bertz CT molecular complexity index is 605. The first-order valence-corrected chi connectivity index (χ1v) is 8.00. The summed E-state index contributed by atoms with van der Waals surface area (Å²) in [5.74, 6) is -0.309. The second-order valence-corrected chi connectivity index (χ2v) is 6.71. The topological polar surface area (TPSA) is 46.1 Å². The number of thioether (sulfide) groups is 1. The van der Waals surface area contributed by atoms with Crippen LogP contribution in [0.1, 0.15) is 12.8 Å². The van der Waals surface area contributed by atoms with Crippen LogP contribution in [0.2, 0.25) is 0 Å².